The van der Waals surface area contributed by atoms with Crippen molar-refractivity contribution < 1.29 is 4.39 Å². The summed E-state index contributed by atoms with van der Waals surface area (Å²) in [6.45, 7) is 4.56. The van der Waals surface area contributed by atoms with Gasteiger partial charge in [0, 0.05) is 7.05 Å². The quantitative estimate of drug-likeness (QED) is 0.931. The van der Waals surface area contributed by atoms with Gasteiger partial charge in [0.1, 0.15) is 11.5 Å². The summed E-state index contributed by atoms with van der Waals surface area (Å²) in [4.78, 5) is 12.2. The first-order valence-electron chi connectivity index (χ1n) is 6.68. The molecule has 0 aliphatic heterocycles. The Morgan fingerprint density at radius 1 is 1.25 bits per heavy atom. The van der Waals surface area contributed by atoms with Crippen LogP contribution in [-0.4, -0.2) is 9.36 Å². The van der Waals surface area contributed by atoms with Crippen molar-refractivity contribution in [2.75, 3.05) is 5.73 Å². The Balaban J connectivity index is 2.37. The van der Waals surface area contributed by atoms with E-state index in [1.807, 2.05) is 7.05 Å². The summed E-state index contributed by atoms with van der Waals surface area (Å²) >= 11 is 0. The molecule has 1 aromatic carbocycles. The Labute approximate surface area is 117 Å². The Bertz CT molecular complexity index is 653. The SMILES string of the molecule is CC(C)Cc1c(N)c(=O)n(Cc2ccc(F)cc2)n1C. The highest BCUT2D eigenvalue weighted by atomic mass is 19.1. The van der Waals surface area contributed by atoms with Crippen molar-refractivity contribution in [2.24, 2.45) is 13.0 Å². The molecular formula is C15H20FN3O. The topological polar surface area (TPSA) is 53.0 Å². The smallest absolute Gasteiger partial charge is 0.290 e. The maximum absolute atomic E-state index is 12.9. The zero-order valence-corrected chi connectivity index (χ0v) is 12.1. The minimum absolute atomic E-state index is 0.188. The molecule has 0 radical (unpaired) electrons. The van der Waals surface area contributed by atoms with Crippen LogP contribution in [0.15, 0.2) is 29.1 Å². The number of hydrogen-bond donors (Lipinski definition) is 1. The van der Waals surface area contributed by atoms with Gasteiger partial charge in [0.05, 0.1) is 12.2 Å². The Morgan fingerprint density at radius 3 is 2.40 bits per heavy atom. The molecule has 1 heterocycles. The van der Waals surface area contributed by atoms with E-state index in [-0.39, 0.29) is 11.4 Å². The first kappa shape index (κ1) is 14.4. The molecule has 0 fully saturated rings. The van der Waals surface area contributed by atoms with Gasteiger partial charge in [-0.2, -0.15) is 0 Å². The second-order valence-electron chi connectivity index (χ2n) is 5.47. The highest BCUT2D eigenvalue weighted by molar-refractivity contribution is 5.42. The number of nitrogens with zero attached hydrogens (tertiary/aromatic N) is 2. The molecule has 2 rings (SSSR count). The summed E-state index contributed by atoms with van der Waals surface area (Å²) < 4.78 is 16.3. The van der Waals surface area contributed by atoms with Gasteiger partial charge >= 0.3 is 0 Å². The van der Waals surface area contributed by atoms with E-state index in [1.54, 1.807) is 21.5 Å². The number of rotatable bonds is 4. The first-order chi connectivity index (χ1) is 9.40. The van der Waals surface area contributed by atoms with Gasteiger partial charge in [-0.15, -0.1) is 0 Å². The summed E-state index contributed by atoms with van der Waals surface area (Å²) in [5.41, 5.74) is 7.76. The first-order valence-corrected chi connectivity index (χ1v) is 6.68. The molecule has 0 saturated carbocycles. The number of hydrogen-bond acceptors (Lipinski definition) is 2. The summed E-state index contributed by atoms with van der Waals surface area (Å²) in [7, 11) is 1.83. The van der Waals surface area contributed by atoms with Gasteiger partial charge in [0.15, 0.2) is 0 Å². The summed E-state index contributed by atoms with van der Waals surface area (Å²) in [5.74, 6) is 0.137. The molecule has 0 aliphatic rings. The zero-order valence-electron chi connectivity index (χ0n) is 12.1. The third-order valence-corrected chi connectivity index (χ3v) is 3.38. The predicted octanol–water partition coefficient (Wildman–Crippen LogP) is 2.15. The fraction of sp³-hybridized carbons (Fsp3) is 0.400. The van der Waals surface area contributed by atoms with Crippen LogP contribution in [0.2, 0.25) is 0 Å². The van der Waals surface area contributed by atoms with E-state index in [1.165, 1.54) is 12.1 Å². The van der Waals surface area contributed by atoms with Crippen LogP contribution >= 0.6 is 0 Å². The Hall–Kier alpha value is -2.04. The molecule has 108 valence electrons. The third kappa shape index (κ3) is 2.76. The van der Waals surface area contributed by atoms with Crippen molar-refractivity contribution in [1.82, 2.24) is 9.36 Å². The maximum atomic E-state index is 12.9. The molecule has 4 nitrogen and oxygen atoms in total. The number of nitrogens with two attached hydrogens (primary N) is 1. The molecule has 0 saturated heterocycles. The van der Waals surface area contributed by atoms with Gasteiger partial charge in [0.25, 0.3) is 5.56 Å². The fourth-order valence-electron chi connectivity index (χ4n) is 2.29. The minimum Gasteiger partial charge on any atom is -0.393 e. The average Bonchev–Trinajstić information content (AvgIpc) is 2.58. The Kier molecular flexibility index (Phi) is 3.97. The maximum Gasteiger partial charge on any atom is 0.290 e. The second-order valence-corrected chi connectivity index (χ2v) is 5.47. The van der Waals surface area contributed by atoms with Crippen LogP contribution in [0.4, 0.5) is 10.1 Å². The lowest BCUT2D eigenvalue weighted by Crippen LogP contribution is -2.23. The van der Waals surface area contributed by atoms with Gasteiger partial charge < -0.3 is 5.73 Å². The lowest BCUT2D eigenvalue weighted by atomic mass is 10.1. The second kappa shape index (κ2) is 5.53. The Morgan fingerprint density at radius 2 is 1.85 bits per heavy atom. The van der Waals surface area contributed by atoms with Crippen LogP contribution in [0.3, 0.4) is 0 Å². The fourth-order valence-corrected chi connectivity index (χ4v) is 2.29. The largest absolute Gasteiger partial charge is 0.393 e. The van der Waals surface area contributed by atoms with E-state index in [2.05, 4.69) is 13.8 Å². The lowest BCUT2D eigenvalue weighted by molar-refractivity contribution is 0.499. The van der Waals surface area contributed by atoms with Crippen molar-refractivity contribution in [2.45, 2.75) is 26.8 Å². The van der Waals surface area contributed by atoms with E-state index < -0.39 is 0 Å². The van der Waals surface area contributed by atoms with Crippen LogP contribution < -0.4 is 11.3 Å². The third-order valence-electron chi connectivity index (χ3n) is 3.38. The normalized spacial score (nSPS) is 11.2. The van der Waals surface area contributed by atoms with E-state index in [0.29, 0.717) is 18.2 Å². The lowest BCUT2D eigenvalue weighted by Gasteiger charge is -2.11. The van der Waals surface area contributed by atoms with Crippen molar-refractivity contribution in [3.05, 3.63) is 51.7 Å². The van der Waals surface area contributed by atoms with Gasteiger partial charge in [0.2, 0.25) is 0 Å². The highest BCUT2D eigenvalue weighted by Gasteiger charge is 2.16. The number of halogens is 1. The molecular weight excluding hydrogens is 257 g/mol. The molecule has 0 unspecified atom stereocenters. The minimum atomic E-state index is -0.284. The van der Waals surface area contributed by atoms with Crippen LogP contribution in [0.1, 0.15) is 25.1 Å². The van der Waals surface area contributed by atoms with Gasteiger partial charge in [-0.05, 0) is 30.0 Å². The summed E-state index contributed by atoms with van der Waals surface area (Å²) in [6, 6.07) is 6.13. The van der Waals surface area contributed by atoms with Crippen LogP contribution in [0.25, 0.3) is 0 Å². The van der Waals surface area contributed by atoms with Crippen LogP contribution in [-0.2, 0) is 20.0 Å². The molecule has 0 aliphatic carbocycles. The van der Waals surface area contributed by atoms with Crippen LogP contribution in [0.5, 0.6) is 0 Å². The van der Waals surface area contributed by atoms with E-state index in [9.17, 15) is 9.18 Å². The number of nitrogen functional groups attached to an aromatic ring is 1. The molecule has 2 aromatic rings. The monoisotopic (exact) mass is 277 g/mol. The molecule has 2 N–H and O–H groups in total. The molecule has 0 atom stereocenters. The standard InChI is InChI=1S/C15H20FN3O/c1-10(2)8-13-14(17)15(20)19(18(13)3)9-11-4-6-12(16)7-5-11/h4-7,10H,8-9,17H2,1-3H3. The molecule has 5 heteroatoms. The molecule has 1 aromatic heterocycles. The van der Waals surface area contributed by atoms with Crippen LogP contribution in [0, 0.1) is 11.7 Å². The average molecular weight is 277 g/mol. The molecule has 0 bridgehead atoms. The number of aromatic nitrogens is 2. The van der Waals surface area contributed by atoms with E-state index >= 15 is 0 Å². The van der Waals surface area contributed by atoms with Crippen molar-refractivity contribution in [3.8, 4) is 0 Å². The summed E-state index contributed by atoms with van der Waals surface area (Å²) in [5, 5.41) is 0. The van der Waals surface area contributed by atoms with E-state index in [4.69, 9.17) is 5.73 Å². The van der Waals surface area contributed by atoms with Crippen molar-refractivity contribution >= 4 is 5.69 Å². The van der Waals surface area contributed by atoms with Gasteiger partial charge in [-0.3, -0.25) is 9.48 Å². The van der Waals surface area contributed by atoms with Gasteiger partial charge in [-0.25, -0.2) is 9.07 Å². The van der Waals surface area contributed by atoms with Crippen molar-refractivity contribution in [1.29, 1.82) is 0 Å². The zero-order chi connectivity index (χ0) is 14.9. The van der Waals surface area contributed by atoms with Gasteiger partial charge in [-0.1, -0.05) is 26.0 Å². The highest BCUT2D eigenvalue weighted by Crippen LogP contribution is 2.14. The predicted molar refractivity (Wildman–Crippen MR) is 78.1 cm³/mol. The number of anilines is 1. The molecule has 0 amide bonds. The molecule has 20 heavy (non-hydrogen) atoms. The van der Waals surface area contributed by atoms with Crippen molar-refractivity contribution in [3.63, 3.8) is 0 Å². The summed E-state index contributed by atoms with van der Waals surface area (Å²) in [6.07, 6.45) is 0.758. The number of benzene rings is 1. The molecule has 0 spiro atoms. The van der Waals surface area contributed by atoms with E-state index in [0.717, 1.165) is 17.7 Å².